The molecule has 94 valence electrons. The van der Waals surface area contributed by atoms with Crippen LogP contribution in [-0.2, 0) is 4.74 Å². The summed E-state index contributed by atoms with van der Waals surface area (Å²) in [5.74, 6) is 0.198. The molecule has 6 heteroatoms. The van der Waals surface area contributed by atoms with E-state index in [1.165, 1.54) is 0 Å². The van der Waals surface area contributed by atoms with Crippen LogP contribution in [0.1, 0.15) is 39.3 Å². The maximum atomic E-state index is 11.4. The number of hydrogen-bond donors (Lipinski definition) is 2. The molecule has 1 atom stereocenters. The fourth-order valence-electron chi connectivity index (χ4n) is 1.03. The van der Waals surface area contributed by atoms with Gasteiger partial charge in [0.05, 0.1) is 0 Å². The van der Waals surface area contributed by atoms with Crippen LogP contribution in [0.4, 0.5) is 10.7 Å². The van der Waals surface area contributed by atoms with E-state index in [0.29, 0.717) is 0 Å². The number of nitrogens with two attached hydrogens (primary N) is 1. The monoisotopic (exact) mass is 238 g/mol. The summed E-state index contributed by atoms with van der Waals surface area (Å²) in [7, 11) is 0. The summed E-state index contributed by atoms with van der Waals surface area (Å²) in [6.45, 7) is 7.19. The van der Waals surface area contributed by atoms with Crippen molar-refractivity contribution in [2.75, 3.05) is 5.32 Å². The molecular weight excluding hydrogens is 220 g/mol. The predicted molar refractivity (Wildman–Crippen MR) is 64.5 cm³/mol. The van der Waals surface area contributed by atoms with Crippen LogP contribution >= 0.6 is 0 Å². The molecule has 1 heterocycles. The molecular formula is C11H18N4O2. The Labute approximate surface area is 101 Å². The van der Waals surface area contributed by atoms with Crippen molar-refractivity contribution in [1.29, 1.82) is 0 Å². The van der Waals surface area contributed by atoms with Crippen molar-refractivity contribution in [3.05, 3.63) is 18.0 Å². The topological polar surface area (TPSA) is 90.1 Å². The molecule has 0 spiro atoms. The second-order valence-electron chi connectivity index (χ2n) is 4.76. The van der Waals surface area contributed by atoms with Crippen LogP contribution in [0.25, 0.3) is 0 Å². The Morgan fingerprint density at radius 1 is 1.41 bits per heavy atom. The molecule has 1 amide bonds. The van der Waals surface area contributed by atoms with E-state index >= 15 is 0 Å². The van der Waals surface area contributed by atoms with Crippen molar-refractivity contribution >= 4 is 12.0 Å². The predicted octanol–water partition coefficient (Wildman–Crippen LogP) is 1.84. The highest BCUT2D eigenvalue weighted by Gasteiger charge is 2.16. The van der Waals surface area contributed by atoms with Gasteiger partial charge in [0, 0.05) is 24.0 Å². The number of aromatic nitrogens is 2. The second kappa shape index (κ2) is 5.09. The molecule has 0 radical (unpaired) electrons. The van der Waals surface area contributed by atoms with Gasteiger partial charge in [-0.25, -0.2) is 14.8 Å². The molecule has 0 saturated heterocycles. The van der Waals surface area contributed by atoms with E-state index < -0.39 is 11.7 Å². The van der Waals surface area contributed by atoms with E-state index in [9.17, 15) is 4.79 Å². The molecule has 0 aromatic carbocycles. The fourth-order valence-corrected chi connectivity index (χ4v) is 1.03. The van der Waals surface area contributed by atoms with Gasteiger partial charge in [-0.2, -0.15) is 0 Å². The lowest BCUT2D eigenvalue weighted by Gasteiger charge is -2.19. The minimum Gasteiger partial charge on any atom is -0.444 e. The molecule has 0 bridgehead atoms. The van der Waals surface area contributed by atoms with Crippen molar-refractivity contribution in [3.8, 4) is 0 Å². The minimum atomic E-state index is -0.578. The first-order valence-electron chi connectivity index (χ1n) is 5.35. The van der Waals surface area contributed by atoms with Crippen LogP contribution in [0.15, 0.2) is 12.4 Å². The summed E-state index contributed by atoms with van der Waals surface area (Å²) in [5, 5.41) is 2.44. The van der Waals surface area contributed by atoms with Crippen LogP contribution < -0.4 is 11.1 Å². The van der Waals surface area contributed by atoms with Crippen LogP contribution in [-0.4, -0.2) is 21.7 Å². The molecule has 0 unspecified atom stereocenters. The van der Waals surface area contributed by atoms with Gasteiger partial charge in [0.15, 0.2) is 0 Å². The largest absolute Gasteiger partial charge is 0.444 e. The average Bonchev–Trinajstić information content (AvgIpc) is 2.15. The number of nitrogens with zero attached hydrogens (tertiary/aromatic N) is 2. The molecule has 1 aromatic heterocycles. The summed E-state index contributed by atoms with van der Waals surface area (Å²) < 4.78 is 5.06. The zero-order chi connectivity index (χ0) is 13.1. The molecule has 0 fully saturated rings. The third-order valence-corrected chi connectivity index (χ3v) is 1.81. The van der Waals surface area contributed by atoms with E-state index in [2.05, 4.69) is 15.3 Å². The Balaban J connectivity index is 2.61. The second-order valence-corrected chi connectivity index (χ2v) is 4.76. The van der Waals surface area contributed by atoms with Crippen molar-refractivity contribution in [3.63, 3.8) is 0 Å². The van der Waals surface area contributed by atoms with Gasteiger partial charge in [-0.05, 0) is 27.7 Å². The fraction of sp³-hybridized carbons (Fsp3) is 0.545. The van der Waals surface area contributed by atoms with Crippen molar-refractivity contribution in [2.45, 2.75) is 39.3 Å². The van der Waals surface area contributed by atoms with Crippen LogP contribution in [0, 0.1) is 0 Å². The van der Waals surface area contributed by atoms with E-state index in [0.717, 1.165) is 5.56 Å². The molecule has 6 nitrogen and oxygen atoms in total. The first kappa shape index (κ1) is 13.4. The molecule has 17 heavy (non-hydrogen) atoms. The standard InChI is InChI=1S/C11H18N4O2/c1-7(12)8-5-13-9(14-6-8)15-10(16)17-11(2,3)4/h5-7H,12H2,1-4H3,(H,13,14,15,16)/t7-/m1/s1. The summed E-state index contributed by atoms with van der Waals surface area (Å²) in [6, 6.07) is -0.134. The summed E-state index contributed by atoms with van der Waals surface area (Å²) in [5.41, 5.74) is 5.92. The van der Waals surface area contributed by atoms with Crippen molar-refractivity contribution in [2.24, 2.45) is 5.73 Å². The van der Waals surface area contributed by atoms with Gasteiger partial charge in [0.2, 0.25) is 5.95 Å². The van der Waals surface area contributed by atoms with Crippen LogP contribution in [0.5, 0.6) is 0 Å². The number of anilines is 1. The SMILES string of the molecule is C[C@@H](N)c1cnc(NC(=O)OC(C)(C)C)nc1. The summed E-state index contributed by atoms with van der Waals surface area (Å²) in [6.07, 6.45) is 2.57. The molecule has 0 aliphatic rings. The smallest absolute Gasteiger partial charge is 0.414 e. The van der Waals surface area contributed by atoms with E-state index in [4.69, 9.17) is 10.5 Å². The Kier molecular flexibility index (Phi) is 4.01. The third kappa shape index (κ3) is 4.78. The molecule has 0 aliphatic heterocycles. The average molecular weight is 238 g/mol. The zero-order valence-corrected chi connectivity index (χ0v) is 10.5. The number of carbonyl (C=O) groups is 1. The van der Waals surface area contributed by atoms with Gasteiger partial charge in [0.1, 0.15) is 5.60 Å². The number of nitrogens with one attached hydrogen (secondary N) is 1. The van der Waals surface area contributed by atoms with E-state index in [1.54, 1.807) is 33.2 Å². The first-order chi connectivity index (χ1) is 7.78. The maximum absolute atomic E-state index is 11.4. The molecule has 0 saturated carbocycles. The Morgan fingerprint density at radius 3 is 2.35 bits per heavy atom. The number of amides is 1. The number of hydrogen-bond acceptors (Lipinski definition) is 5. The Hall–Kier alpha value is -1.69. The van der Waals surface area contributed by atoms with Gasteiger partial charge < -0.3 is 10.5 Å². The summed E-state index contributed by atoms with van der Waals surface area (Å²) >= 11 is 0. The Morgan fingerprint density at radius 2 is 1.94 bits per heavy atom. The molecule has 0 aliphatic carbocycles. The van der Waals surface area contributed by atoms with Gasteiger partial charge in [0.25, 0.3) is 0 Å². The third-order valence-electron chi connectivity index (χ3n) is 1.81. The van der Waals surface area contributed by atoms with Gasteiger partial charge in [-0.15, -0.1) is 0 Å². The first-order valence-corrected chi connectivity index (χ1v) is 5.35. The van der Waals surface area contributed by atoms with Crippen molar-refractivity contribution in [1.82, 2.24) is 9.97 Å². The number of rotatable bonds is 2. The van der Waals surface area contributed by atoms with Crippen molar-refractivity contribution < 1.29 is 9.53 Å². The highest BCUT2D eigenvalue weighted by molar-refractivity contribution is 5.82. The van der Waals surface area contributed by atoms with Gasteiger partial charge in [-0.1, -0.05) is 0 Å². The zero-order valence-electron chi connectivity index (χ0n) is 10.5. The van der Waals surface area contributed by atoms with E-state index in [-0.39, 0.29) is 12.0 Å². The van der Waals surface area contributed by atoms with Gasteiger partial charge in [-0.3, -0.25) is 5.32 Å². The number of ether oxygens (including phenoxy) is 1. The molecule has 1 rings (SSSR count). The lowest BCUT2D eigenvalue weighted by Crippen LogP contribution is -2.27. The van der Waals surface area contributed by atoms with Gasteiger partial charge >= 0.3 is 6.09 Å². The number of carbonyl (C=O) groups excluding carboxylic acids is 1. The maximum Gasteiger partial charge on any atom is 0.414 e. The Bertz CT molecular complexity index is 381. The van der Waals surface area contributed by atoms with Crippen LogP contribution in [0.2, 0.25) is 0 Å². The lowest BCUT2D eigenvalue weighted by atomic mass is 10.2. The minimum absolute atomic E-state index is 0.134. The highest BCUT2D eigenvalue weighted by Crippen LogP contribution is 2.10. The van der Waals surface area contributed by atoms with E-state index in [1.807, 2.05) is 6.92 Å². The summed E-state index contributed by atoms with van der Waals surface area (Å²) in [4.78, 5) is 19.3. The molecule has 1 aromatic rings. The van der Waals surface area contributed by atoms with Crippen LogP contribution in [0.3, 0.4) is 0 Å². The normalized spacial score (nSPS) is 13.0. The molecule has 3 N–H and O–H groups in total. The lowest BCUT2D eigenvalue weighted by molar-refractivity contribution is 0.0634. The quantitative estimate of drug-likeness (QED) is 0.820. The highest BCUT2D eigenvalue weighted by atomic mass is 16.6.